The smallest absolute Gasteiger partial charge is 0.276 e. The summed E-state index contributed by atoms with van der Waals surface area (Å²) in [6.45, 7) is 2.94. The number of nitrogens with zero attached hydrogens (tertiary/aromatic N) is 2. The van der Waals surface area contributed by atoms with Crippen molar-refractivity contribution in [1.29, 1.82) is 0 Å². The minimum Gasteiger partial charge on any atom is -0.370 e. The number of nitrogens with two attached hydrogens (primary N) is 1. The molecule has 1 aliphatic rings. The molecule has 1 saturated carbocycles. The largest absolute Gasteiger partial charge is 0.370 e. The fraction of sp³-hybridized carbons (Fsp3) is 0.545. The Bertz CT molecular complexity index is 447. The van der Waals surface area contributed by atoms with Gasteiger partial charge in [-0.1, -0.05) is 6.92 Å². The third-order valence-electron chi connectivity index (χ3n) is 3.20. The number of pyridine rings is 1. The summed E-state index contributed by atoms with van der Waals surface area (Å²) < 4.78 is 0. The minimum absolute atomic E-state index is 0.0282. The van der Waals surface area contributed by atoms with Crippen LogP contribution in [0.15, 0.2) is 12.1 Å². The van der Waals surface area contributed by atoms with Crippen molar-refractivity contribution in [2.45, 2.75) is 19.8 Å². The minimum atomic E-state index is -0.460. The number of hydrazine groups is 1. The van der Waals surface area contributed by atoms with Crippen molar-refractivity contribution in [1.82, 2.24) is 4.98 Å². The first kappa shape index (κ1) is 12.6. The first-order chi connectivity index (χ1) is 8.60. The number of aromatic nitrogens is 1. The molecule has 18 heavy (non-hydrogen) atoms. The summed E-state index contributed by atoms with van der Waals surface area (Å²) >= 11 is 0. The van der Waals surface area contributed by atoms with E-state index in [1.54, 1.807) is 0 Å². The highest BCUT2D eigenvalue weighted by molar-refractivity contribution is 5.54. The van der Waals surface area contributed by atoms with Crippen molar-refractivity contribution < 1.29 is 4.92 Å². The predicted octanol–water partition coefficient (Wildman–Crippen LogP) is 1.73. The SMILES string of the molecule is CC(CNc1cc([N+](=O)[O-])cc(NN)n1)C1CC1. The molecule has 1 fully saturated rings. The molecule has 1 aromatic rings. The molecule has 0 aromatic carbocycles. The van der Waals surface area contributed by atoms with E-state index in [1.807, 2.05) is 0 Å². The second-order valence-electron chi connectivity index (χ2n) is 4.69. The van der Waals surface area contributed by atoms with E-state index in [0.29, 0.717) is 11.7 Å². The number of nitrogens with one attached hydrogen (secondary N) is 2. The van der Waals surface area contributed by atoms with E-state index in [1.165, 1.54) is 25.0 Å². The molecule has 1 aliphatic carbocycles. The van der Waals surface area contributed by atoms with Crippen LogP contribution in [0.1, 0.15) is 19.8 Å². The molecule has 4 N–H and O–H groups in total. The number of anilines is 2. The van der Waals surface area contributed by atoms with Gasteiger partial charge >= 0.3 is 0 Å². The fourth-order valence-corrected chi connectivity index (χ4v) is 1.88. The summed E-state index contributed by atoms with van der Waals surface area (Å²) in [7, 11) is 0. The summed E-state index contributed by atoms with van der Waals surface area (Å²) in [5, 5.41) is 13.9. The average Bonchev–Trinajstić information content (AvgIpc) is 3.19. The molecule has 0 saturated heterocycles. The van der Waals surface area contributed by atoms with Crippen LogP contribution in [0.2, 0.25) is 0 Å². The number of rotatable bonds is 6. The summed E-state index contributed by atoms with van der Waals surface area (Å²) in [5.74, 6) is 7.34. The van der Waals surface area contributed by atoms with Crippen LogP contribution in [-0.2, 0) is 0 Å². The monoisotopic (exact) mass is 251 g/mol. The molecule has 0 spiro atoms. The lowest BCUT2D eigenvalue weighted by Gasteiger charge is -2.12. The molecular weight excluding hydrogens is 234 g/mol. The first-order valence-electron chi connectivity index (χ1n) is 5.97. The van der Waals surface area contributed by atoms with E-state index in [-0.39, 0.29) is 11.5 Å². The normalized spacial score (nSPS) is 16.1. The Morgan fingerprint density at radius 3 is 2.78 bits per heavy atom. The van der Waals surface area contributed by atoms with Gasteiger partial charge in [0, 0.05) is 6.54 Å². The van der Waals surface area contributed by atoms with Gasteiger partial charge in [-0.25, -0.2) is 10.8 Å². The number of nitrogen functional groups attached to an aromatic ring is 1. The van der Waals surface area contributed by atoms with Gasteiger partial charge in [0.05, 0.1) is 17.1 Å². The third kappa shape index (κ3) is 3.07. The van der Waals surface area contributed by atoms with Crippen molar-refractivity contribution >= 4 is 17.3 Å². The zero-order valence-electron chi connectivity index (χ0n) is 10.2. The van der Waals surface area contributed by atoms with Crippen molar-refractivity contribution in [3.8, 4) is 0 Å². The van der Waals surface area contributed by atoms with Gasteiger partial charge in [0.1, 0.15) is 11.6 Å². The molecule has 0 amide bonds. The van der Waals surface area contributed by atoms with E-state index in [9.17, 15) is 10.1 Å². The van der Waals surface area contributed by atoms with Gasteiger partial charge in [0.15, 0.2) is 0 Å². The lowest BCUT2D eigenvalue weighted by Crippen LogP contribution is -2.15. The van der Waals surface area contributed by atoms with Gasteiger partial charge in [0.2, 0.25) is 0 Å². The molecule has 1 heterocycles. The molecule has 7 nitrogen and oxygen atoms in total. The van der Waals surface area contributed by atoms with Crippen molar-refractivity contribution in [3.05, 3.63) is 22.2 Å². The fourth-order valence-electron chi connectivity index (χ4n) is 1.88. The van der Waals surface area contributed by atoms with Crippen LogP contribution in [0.5, 0.6) is 0 Å². The zero-order valence-corrected chi connectivity index (χ0v) is 10.2. The molecule has 1 aromatic heterocycles. The maximum atomic E-state index is 10.8. The maximum absolute atomic E-state index is 10.8. The Morgan fingerprint density at radius 1 is 1.56 bits per heavy atom. The highest BCUT2D eigenvalue weighted by Gasteiger charge is 2.27. The third-order valence-corrected chi connectivity index (χ3v) is 3.20. The number of nitro groups is 1. The molecule has 2 rings (SSSR count). The average molecular weight is 251 g/mol. The van der Waals surface area contributed by atoms with Crippen LogP contribution in [0.4, 0.5) is 17.3 Å². The second kappa shape index (κ2) is 5.18. The number of hydrogen-bond acceptors (Lipinski definition) is 6. The van der Waals surface area contributed by atoms with Gasteiger partial charge in [0.25, 0.3) is 5.69 Å². The van der Waals surface area contributed by atoms with E-state index >= 15 is 0 Å². The Balaban J connectivity index is 2.05. The summed E-state index contributed by atoms with van der Waals surface area (Å²) in [4.78, 5) is 14.4. The second-order valence-corrected chi connectivity index (χ2v) is 4.69. The summed E-state index contributed by atoms with van der Waals surface area (Å²) in [6, 6.07) is 2.72. The van der Waals surface area contributed by atoms with Gasteiger partial charge in [-0.05, 0) is 24.7 Å². The molecule has 0 bridgehead atoms. The topological polar surface area (TPSA) is 106 Å². The van der Waals surface area contributed by atoms with Crippen LogP contribution >= 0.6 is 0 Å². The predicted molar refractivity (Wildman–Crippen MR) is 69.1 cm³/mol. The summed E-state index contributed by atoms with van der Waals surface area (Å²) in [5.41, 5.74) is 2.30. The van der Waals surface area contributed by atoms with Gasteiger partial charge < -0.3 is 10.7 Å². The molecule has 7 heteroatoms. The molecule has 1 atom stereocenters. The van der Waals surface area contributed by atoms with Gasteiger partial charge in [-0.15, -0.1) is 0 Å². The molecule has 0 aliphatic heterocycles. The zero-order chi connectivity index (χ0) is 13.1. The van der Waals surface area contributed by atoms with Crippen molar-refractivity contribution in [2.75, 3.05) is 17.3 Å². The molecule has 98 valence electrons. The van der Waals surface area contributed by atoms with Crippen molar-refractivity contribution in [2.24, 2.45) is 17.7 Å². The van der Waals surface area contributed by atoms with E-state index in [0.717, 1.165) is 12.5 Å². The number of hydrogen-bond donors (Lipinski definition) is 3. The highest BCUT2D eigenvalue weighted by Crippen LogP contribution is 2.36. The van der Waals surface area contributed by atoms with E-state index in [2.05, 4.69) is 22.7 Å². The Morgan fingerprint density at radius 2 is 2.22 bits per heavy atom. The van der Waals surface area contributed by atoms with Gasteiger partial charge in [-0.3, -0.25) is 10.1 Å². The van der Waals surface area contributed by atoms with Crippen molar-refractivity contribution in [3.63, 3.8) is 0 Å². The lowest BCUT2D eigenvalue weighted by atomic mass is 10.1. The molecular formula is C11H17N5O2. The Hall–Kier alpha value is -1.89. The maximum Gasteiger partial charge on any atom is 0.276 e. The molecule has 1 unspecified atom stereocenters. The molecule has 0 radical (unpaired) electrons. The van der Waals surface area contributed by atoms with E-state index in [4.69, 9.17) is 5.84 Å². The van der Waals surface area contributed by atoms with Crippen LogP contribution in [0.25, 0.3) is 0 Å². The van der Waals surface area contributed by atoms with Crippen LogP contribution < -0.4 is 16.6 Å². The standard InChI is InChI=1S/C11H17N5O2/c1-7(8-2-3-8)6-13-10-4-9(16(17)18)5-11(14-10)15-12/h4-5,7-8H,2-3,6,12H2,1H3,(H2,13,14,15). The highest BCUT2D eigenvalue weighted by atomic mass is 16.6. The van der Waals surface area contributed by atoms with E-state index < -0.39 is 4.92 Å². The lowest BCUT2D eigenvalue weighted by molar-refractivity contribution is -0.384. The van der Waals surface area contributed by atoms with Crippen LogP contribution in [-0.4, -0.2) is 16.5 Å². The Kier molecular flexibility index (Phi) is 3.61. The van der Waals surface area contributed by atoms with Crippen LogP contribution in [0, 0.1) is 22.0 Å². The summed E-state index contributed by atoms with van der Waals surface area (Å²) in [6.07, 6.45) is 2.56. The first-order valence-corrected chi connectivity index (χ1v) is 5.97. The van der Waals surface area contributed by atoms with Crippen LogP contribution in [0.3, 0.4) is 0 Å². The quantitative estimate of drug-likeness (QED) is 0.404. The van der Waals surface area contributed by atoms with Gasteiger partial charge in [-0.2, -0.15) is 0 Å². The Labute approximate surface area is 105 Å².